The van der Waals surface area contributed by atoms with Crippen molar-refractivity contribution in [1.82, 2.24) is 9.88 Å². The number of aromatic nitrogens is 1. The molecule has 0 unspecified atom stereocenters. The fraction of sp³-hybridized carbons (Fsp3) is 0.353. The van der Waals surface area contributed by atoms with Gasteiger partial charge in [-0.25, -0.2) is 0 Å². The zero-order valence-corrected chi connectivity index (χ0v) is 12.9. The standard InChI is InChI=1S/C17H17ClN2O2/c18-13-9-17-16(21-11-22-17)8-12(13)10-20-7-3-5-15(20)14-4-1-2-6-19-14/h1-2,4,6,8-9,15H,3,5,7,10-11H2/t15-/m1/s1. The Balaban J connectivity index is 1.58. The van der Waals surface area contributed by atoms with E-state index in [1.54, 1.807) is 0 Å². The monoisotopic (exact) mass is 316 g/mol. The Bertz CT molecular complexity index is 678. The molecule has 1 atom stereocenters. The van der Waals surface area contributed by atoms with Crippen molar-refractivity contribution >= 4 is 11.6 Å². The summed E-state index contributed by atoms with van der Waals surface area (Å²) >= 11 is 6.40. The van der Waals surface area contributed by atoms with Crippen LogP contribution in [0.15, 0.2) is 36.5 Å². The molecule has 2 aliphatic heterocycles. The molecule has 0 spiro atoms. The highest BCUT2D eigenvalue weighted by atomic mass is 35.5. The molecule has 4 nitrogen and oxygen atoms in total. The minimum Gasteiger partial charge on any atom is -0.454 e. The molecule has 1 saturated heterocycles. The van der Waals surface area contributed by atoms with Crippen molar-refractivity contribution in [2.24, 2.45) is 0 Å². The van der Waals surface area contributed by atoms with E-state index in [2.05, 4.69) is 16.0 Å². The summed E-state index contributed by atoms with van der Waals surface area (Å²) in [5.74, 6) is 1.52. The van der Waals surface area contributed by atoms with Crippen LogP contribution in [0, 0.1) is 0 Å². The summed E-state index contributed by atoms with van der Waals surface area (Å²) in [6, 6.07) is 10.3. The molecule has 2 aliphatic rings. The maximum atomic E-state index is 6.40. The average Bonchev–Trinajstić information content (AvgIpc) is 3.17. The fourth-order valence-electron chi connectivity index (χ4n) is 3.22. The second-order valence-corrected chi connectivity index (χ2v) is 6.09. The van der Waals surface area contributed by atoms with Crippen LogP contribution >= 0.6 is 11.6 Å². The summed E-state index contributed by atoms with van der Waals surface area (Å²) in [6.07, 6.45) is 4.18. The maximum Gasteiger partial charge on any atom is 0.231 e. The quantitative estimate of drug-likeness (QED) is 0.862. The molecule has 2 aromatic rings. The predicted molar refractivity (Wildman–Crippen MR) is 84.2 cm³/mol. The molecular formula is C17H17ClN2O2. The Morgan fingerprint density at radius 1 is 1.23 bits per heavy atom. The molecule has 114 valence electrons. The topological polar surface area (TPSA) is 34.6 Å². The Hall–Kier alpha value is -1.78. The van der Waals surface area contributed by atoms with Crippen molar-refractivity contribution in [3.8, 4) is 11.5 Å². The van der Waals surface area contributed by atoms with Gasteiger partial charge in [0.05, 0.1) is 11.7 Å². The van der Waals surface area contributed by atoms with Crippen LogP contribution in [0.25, 0.3) is 0 Å². The maximum absolute atomic E-state index is 6.40. The van der Waals surface area contributed by atoms with Crippen LogP contribution in [-0.2, 0) is 6.54 Å². The lowest BCUT2D eigenvalue weighted by Gasteiger charge is -2.24. The summed E-state index contributed by atoms with van der Waals surface area (Å²) < 4.78 is 10.8. The first-order valence-corrected chi connectivity index (χ1v) is 7.92. The highest BCUT2D eigenvalue weighted by molar-refractivity contribution is 6.31. The van der Waals surface area contributed by atoms with Gasteiger partial charge in [-0.3, -0.25) is 9.88 Å². The van der Waals surface area contributed by atoms with E-state index in [4.69, 9.17) is 21.1 Å². The first kappa shape index (κ1) is 13.9. The van der Waals surface area contributed by atoms with E-state index >= 15 is 0 Å². The van der Waals surface area contributed by atoms with E-state index in [0.29, 0.717) is 6.04 Å². The first-order chi connectivity index (χ1) is 10.8. The van der Waals surface area contributed by atoms with Crippen molar-refractivity contribution < 1.29 is 9.47 Å². The molecule has 0 saturated carbocycles. The predicted octanol–water partition coefficient (Wildman–Crippen LogP) is 3.80. The molecule has 0 amide bonds. The third-order valence-electron chi connectivity index (χ3n) is 4.31. The highest BCUT2D eigenvalue weighted by Gasteiger charge is 2.28. The molecular weight excluding hydrogens is 300 g/mol. The van der Waals surface area contributed by atoms with Gasteiger partial charge in [0.25, 0.3) is 0 Å². The molecule has 1 aromatic heterocycles. The number of likely N-dealkylation sites (tertiary alicyclic amines) is 1. The van der Waals surface area contributed by atoms with Crippen molar-refractivity contribution in [2.45, 2.75) is 25.4 Å². The number of rotatable bonds is 3. The van der Waals surface area contributed by atoms with Crippen molar-refractivity contribution in [1.29, 1.82) is 0 Å². The number of halogens is 1. The molecule has 1 aromatic carbocycles. The lowest BCUT2D eigenvalue weighted by Crippen LogP contribution is -2.23. The normalized spacial score (nSPS) is 20.5. The minimum absolute atomic E-state index is 0.273. The Labute approximate surface area is 134 Å². The Morgan fingerprint density at radius 2 is 2.09 bits per heavy atom. The van der Waals surface area contributed by atoms with Crippen LogP contribution in [0.3, 0.4) is 0 Å². The molecule has 4 rings (SSSR count). The third-order valence-corrected chi connectivity index (χ3v) is 4.66. The number of fused-ring (bicyclic) bond motifs is 1. The molecule has 0 aliphatic carbocycles. The zero-order chi connectivity index (χ0) is 14.9. The fourth-order valence-corrected chi connectivity index (χ4v) is 3.44. The third kappa shape index (κ3) is 2.53. The lowest BCUT2D eigenvalue weighted by molar-refractivity contribution is 0.174. The number of benzene rings is 1. The van der Waals surface area contributed by atoms with Crippen LogP contribution < -0.4 is 9.47 Å². The van der Waals surface area contributed by atoms with Crippen molar-refractivity contribution in [2.75, 3.05) is 13.3 Å². The van der Waals surface area contributed by atoms with E-state index < -0.39 is 0 Å². The van der Waals surface area contributed by atoms with E-state index in [9.17, 15) is 0 Å². The van der Waals surface area contributed by atoms with Crippen LogP contribution in [0.1, 0.15) is 30.1 Å². The van der Waals surface area contributed by atoms with E-state index in [-0.39, 0.29) is 6.79 Å². The minimum atomic E-state index is 0.273. The van der Waals surface area contributed by atoms with Crippen LogP contribution in [0.4, 0.5) is 0 Å². The highest BCUT2D eigenvalue weighted by Crippen LogP contribution is 2.39. The van der Waals surface area contributed by atoms with Gasteiger partial charge in [-0.2, -0.15) is 0 Å². The second-order valence-electron chi connectivity index (χ2n) is 5.68. The van der Waals surface area contributed by atoms with Crippen LogP contribution in [-0.4, -0.2) is 23.2 Å². The van der Waals surface area contributed by atoms with Gasteiger partial charge >= 0.3 is 0 Å². The summed E-state index contributed by atoms with van der Waals surface area (Å²) in [5, 5.41) is 0.732. The largest absolute Gasteiger partial charge is 0.454 e. The summed E-state index contributed by atoms with van der Waals surface area (Å²) in [7, 11) is 0. The lowest BCUT2D eigenvalue weighted by atomic mass is 10.1. The molecule has 0 N–H and O–H groups in total. The molecule has 5 heteroatoms. The van der Waals surface area contributed by atoms with E-state index in [0.717, 1.165) is 47.3 Å². The average molecular weight is 317 g/mol. The second kappa shape index (κ2) is 5.78. The molecule has 3 heterocycles. The molecule has 0 radical (unpaired) electrons. The van der Waals surface area contributed by atoms with Crippen molar-refractivity contribution in [3.05, 3.63) is 52.8 Å². The van der Waals surface area contributed by atoms with Crippen LogP contribution in [0.5, 0.6) is 11.5 Å². The number of hydrogen-bond donors (Lipinski definition) is 0. The Kier molecular flexibility index (Phi) is 3.64. The summed E-state index contributed by atoms with van der Waals surface area (Å²) in [6.45, 7) is 2.14. The molecule has 1 fully saturated rings. The smallest absolute Gasteiger partial charge is 0.231 e. The SMILES string of the molecule is Clc1cc2c(cc1CN1CCC[C@@H]1c1ccccn1)OCO2. The van der Waals surface area contributed by atoms with Gasteiger partial charge in [-0.05, 0) is 43.1 Å². The molecule has 0 bridgehead atoms. The van der Waals surface area contributed by atoms with Gasteiger partial charge in [0, 0.05) is 23.8 Å². The van der Waals surface area contributed by atoms with Gasteiger partial charge in [-0.1, -0.05) is 17.7 Å². The van der Waals surface area contributed by atoms with E-state index in [1.807, 2.05) is 30.5 Å². The zero-order valence-electron chi connectivity index (χ0n) is 12.2. The van der Waals surface area contributed by atoms with Gasteiger partial charge in [0.1, 0.15) is 0 Å². The van der Waals surface area contributed by atoms with Gasteiger partial charge in [0.15, 0.2) is 11.5 Å². The summed E-state index contributed by atoms with van der Waals surface area (Å²) in [5.41, 5.74) is 2.21. The number of pyridine rings is 1. The van der Waals surface area contributed by atoms with Crippen molar-refractivity contribution in [3.63, 3.8) is 0 Å². The van der Waals surface area contributed by atoms with Gasteiger partial charge in [0.2, 0.25) is 6.79 Å². The first-order valence-electron chi connectivity index (χ1n) is 7.54. The number of nitrogens with zero attached hydrogens (tertiary/aromatic N) is 2. The van der Waals surface area contributed by atoms with Crippen LogP contribution in [0.2, 0.25) is 5.02 Å². The Morgan fingerprint density at radius 3 is 2.91 bits per heavy atom. The number of hydrogen-bond acceptors (Lipinski definition) is 4. The number of ether oxygens (including phenoxy) is 2. The van der Waals surface area contributed by atoms with E-state index in [1.165, 1.54) is 6.42 Å². The summed E-state index contributed by atoms with van der Waals surface area (Å²) in [4.78, 5) is 6.95. The van der Waals surface area contributed by atoms with Gasteiger partial charge < -0.3 is 9.47 Å². The van der Waals surface area contributed by atoms with Gasteiger partial charge in [-0.15, -0.1) is 0 Å². The molecule has 22 heavy (non-hydrogen) atoms.